The van der Waals surface area contributed by atoms with Gasteiger partial charge in [-0.15, -0.1) is 0 Å². The van der Waals surface area contributed by atoms with E-state index in [4.69, 9.17) is 28.9 Å². The molecule has 0 saturated heterocycles. The summed E-state index contributed by atoms with van der Waals surface area (Å²) in [5.41, 5.74) is 9.43. The zero-order valence-corrected chi connectivity index (χ0v) is 14.2. The van der Waals surface area contributed by atoms with Gasteiger partial charge in [0.25, 0.3) is 5.91 Å². The Morgan fingerprint density at radius 1 is 1.17 bits per heavy atom. The summed E-state index contributed by atoms with van der Waals surface area (Å²) in [6, 6.07) is 10.3. The molecule has 2 aromatic carbocycles. The average molecular weight is 361 g/mol. The minimum Gasteiger partial charge on any atom is -0.369 e. The smallest absolute Gasteiger partial charge is 0.255 e. The quantitative estimate of drug-likeness (QED) is 0.641. The molecule has 1 aromatic heterocycles. The Bertz CT molecular complexity index is 900. The van der Waals surface area contributed by atoms with Crippen molar-refractivity contribution < 1.29 is 4.79 Å². The molecule has 0 bridgehead atoms. The largest absolute Gasteiger partial charge is 0.369 e. The number of H-pyrrole nitrogens is 1. The number of benzene rings is 2. The molecule has 3 aromatic rings. The fraction of sp³-hybridized carbons (Fsp3) is 0.0588. The Morgan fingerprint density at radius 3 is 2.46 bits per heavy atom. The number of carbonyl (C=O) groups is 1. The number of nitrogen functional groups attached to an aromatic ring is 1. The van der Waals surface area contributed by atoms with Crippen molar-refractivity contribution in [1.29, 1.82) is 0 Å². The van der Waals surface area contributed by atoms with Crippen molar-refractivity contribution in [2.75, 3.05) is 11.1 Å². The standard InChI is InChI=1S/C17H14Cl2N4O/c1-9-4-13(2-3-14(9)15-8-21-17(20)23-15)22-16(24)10-5-11(18)7-12(19)6-10/h2-8H,1H3,(H,22,24)(H3,20,21,23). The summed E-state index contributed by atoms with van der Waals surface area (Å²) in [4.78, 5) is 19.3. The number of aromatic nitrogens is 2. The molecular formula is C17H14Cl2N4O. The van der Waals surface area contributed by atoms with Gasteiger partial charge >= 0.3 is 0 Å². The number of aryl methyl sites for hydroxylation is 1. The molecule has 24 heavy (non-hydrogen) atoms. The van der Waals surface area contributed by atoms with Crippen LogP contribution in [0.15, 0.2) is 42.6 Å². The van der Waals surface area contributed by atoms with Crippen LogP contribution in [0, 0.1) is 6.92 Å². The molecule has 0 spiro atoms. The highest BCUT2D eigenvalue weighted by Crippen LogP contribution is 2.26. The summed E-state index contributed by atoms with van der Waals surface area (Å²) in [6.07, 6.45) is 1.67. The number of imidazole rings is 1. The number of halogens is 2. The SMILES string of the molecule is Cc1cc(NC(=O)c2cc(Cl)cc(Cl)c2)ccc1-c1cnc(N)[nH]1. The highest BCUT2D eigenvalue weighted by atomic mass is 35.5. The lowest BCUT2D eigenvalue weighted by Crippen LogP contribution is -2.12. The van der Waals surface area contributed by atoms with Crippen LogP contribution in [0.2, 0.25) is 10.0 Å². The van der Waals surface area contributed by atoms with Crippen molar-refractivity contribution >= 4 is 40.7 Å². The number of anilines is 2. The number of rotatable bonds is 3. The number of aromatic amines is 1. The summed E-state index contributed by atoms with van der Waals surface area (Å²) in [5, 5.41) is 3.66. The summed E-state index contributed by atoms with van der Waals surface area (Å²) < 4.78 is 0. The van der Waals surface area contributed by atoms with E-state index in [1.54, 1.807) is 24.4 Å². The molecule has 0 atom stereocenters. The summed E-state index contributed by atoms with van der Waals surface area (Å²) in [7, 11) is 0. The molecule has 1 heterocycles. The molecule has 0 aliphatic carbocycles. The first kappa shape index (κ1) is 16.4. The predicted molar refractivity (Wildman–Crippen MR) is 97.6 cm³/mol. The van der Waals surface area contributed by atoms with E-state index in [1.807, 2.05) is 25.1 Å². The van der Waals surface area contributed by atoms with Crippen LogP contribution in [0.25, 0.3) is 11.3 Å². The molecule has 0 unspecified atom stereocenters. The fourth-order valence-electron chi connectivity index (χ4n) is 2.41. The van der Waals surface area contributed by atoms with Gasteiger partial charge in [-0.05, 0) is 42.8 Å². The maximum atomic E-state index is 12.3. The Hall–Kier alpha value is -2.50. The van der Waals surface area contributed by atoms with Gasteiger partial charge < -0.3 is 16.0 Å². The van der Waals surface area contributed by atoms with Gasteiger partial charge in [0.1, 0.15) is 0 Å². The Morgan fingerprint density at radius 2 is 1.88 bits per heavy atom. The van der Waals surface area contributed by atoms with Crippen LogP contribution in [0.4, 0.5) is 11.6 Å². The molecule has 5 nitrogen and oxygen atoms in total. The third-order valence-electron chi connectivity index (χ3n) is 3.49. The molecule has 0 aliphatic heterocycles. The maximum absolute atomic E-state index is 12.3. The van der Waals surface area contributed by atoms with E-state index in [0.717, 1.165) is 16.8 Å². The Kier molecular flexibility index (Phi) is 4.46. The third-order valence-corrected chi connectivity index (χ3v) is 3.93. The lowest BCUT2D eigenvalue weighted by atomic mass is 10.1. The number of nitrogens with one attached hydrogen (secondary N) is 2. The second-order valence-corrected chi connectivity index (χ2v) is 6.20. The number of hydrogen-bond donors (Lipinski definition) is 3. The maximum Gasteiger partial charge on any atom is 0.255 e. The molecule has 7 heteroatoms. The van der Waals surface area contributed by atoms with Crippen LogP contribution in [0.5, 0.6) is 0 Å². The third kappa shape index (κ3) is 3.53. The van der Waals surface area contributed by atoms with Crippen molar-refractivity contribution in [3.8, 4) is 11.3 Å². The molecule has 122 valence electrons. The van der Waals surface area contributed by atoms with Gasteiger partial charge in [-0.25, -0.2) is 4.98 Å². The second kappa shape index (κ2) is 6.55. The zero-order chi connectivity index (χ0) is 17.3. The number of carbonyl (C=O) groups excluding carboxylic acids is 1. The number of nitrogens with two attached hydrogens (primary N) is 1. The van der Waals surface area contributed by atoms with Crippen molar-refractivity contribution in [2.45, 2.75) is 6.92 Å². The molecular weight excluding hydrogens is 347 g/mol. The van der Waals surface area contributed by atoms with Crippen LogP contribution in [0.3, 0.4) is 0 Å². The van der Waals surface area contributed by atoms with E-state index in [1.165, 1.54) is 0 Å². The topological polar surface area (TPSA) is 83.8 Å². The van der Waals surface area contributed by atoms with Gasteiger partial charge in [0.2, 0.25) is 0 Å². The molecule has 0 aliphatic rings. The first-order chi connectivity index (χ1) is 11.4. The first-order valence-electron chi connectivity index (χ1n) is 7.11. The van der Waals surface area contributed by atoms with Crippen molar-refractivity contribution in [3.63, 3.8) is 0 Å². The lowest BCUT2D eigenvalue weighted by Gasteiger charge is -2.09. The average Bonchev–Trinajstić information content (AvgIpc) is 2.92. The minimum absolute atomic E-state index is 0.280. The van der Waals surface area contributed by atoms with Gasteiger partial charge in [-0.2, -0.15) is 0 Å². The van der Waals surface area contributed by atoms with Gasteiger partial charge in [0.05, 0.1) is 11.9 Å². The molecule has 1 amide bonds. The summed E-state index contributed by atoms with van der Waals surface area (Å²) >= 11 is 11.9. The van der Waals surface area contributed by atoms with Crippen molar-refractivity contribution in [1.82, 2.24) is 9.97 Å². The van der Waals surface area contributed by atoms with E-state index in [-0.39, 0.29) is 5.91 Å². The number of nitrogens with zero attached hydrogens (tertiary/aromatic N) is 1. The highest BCUT2D eigenvalue weighted by Gasteiger charge is 2.10. The summed E-state index contributed by atoms with van der Waals surface area (Å²) in [5.74, 6) is 0.0805. The molecule has 4 N–H and O–H groups in total. The lowest BCUT2D eigenvalue weighted by molar-refractivity contribution is 0.102. The second-order valence-electron chi connectivity index (χ2n) is 5.32. The zero-order valence-electron chi connectivity index (χ0n) is 12.7. The number of hydrogen-bond acceptors (Lipinski definition) is 3. The minimum atomic E-state index is -0.280. The molecule has 0 radical (unpaired) electrons. The monoisotopic (exact) mass is 360 g/mol. The van der Waals surface area contributed by atoms with Crippen LogP contribution in [-0.2, 0) is 0 Å². The van der Waals surface area contributed by atoms with Gasteiger partial charge in [0.15, 0.2) is 5.95 Å². The van der Waals surface area contributed by atoms with E-state index in [2.05, 4.69) is 15.3 Å². The summed E-state index contributed by atoms with van der Waals surface area (Å²) in [6.45, 7) is 1.94. The van der Waals surface area contributed by atoms with Gasteiger partial charge in [-0.3, -0.25) is 4.79 Å². The number of amides is 1. The van der Waals surface area contributed by atoms with E-state index in [0.29, 0.717) is 27.2 Å². The normalized spacial score (nSPS) is 10.6. The van der Waals surface area contributed by atoms with Crippen LogP contribution >= 0.6 is 23.2 Å². The van der Waals surface area contributed by atoms with E-state index < -0.39 is 0 Å². The fourth-order valence-corrected chi connectivity index (χ4v) is 2.93. The first-order valence-corrected chi connectivity index (χ1v) is 7.87. The van der Waals surface area contributed by atoms with Crippen LogP contribution < -0.4 is 11.1 Å². The van der Waals surface area contributed by atoms with E-state index in [9.17, 15) is 4.79 Å². The Balaban J connectivity index is 1.83. The molecule has 3 rings (SSSR count). The van der Waals surface area contributed by atoms with E-state index >= 15 is 0 Å². The van der Waals surface area contributed by atoms with Gasteiger partial charge in [-0.1, -0.05) is 29.3 Å². The predicted octanol–water partition coefficient (Wildman–Crippen LogP) is 4.53. The van der Waals surface area contributed by atoms with Crippen molar-refractivity contribution in [3.05, 3.63) is 63.8 Å². The Labute approximate surface area is 148 Å². The van der Waals surface area contributed by atoms with Crippen LogP contribution in [0.1, 0.15) is 15.9 Å². The molecule has 0 saturated carbocycles. The molecule has 0 fully saturated rings. The van der Waals surface area contributed by atoms with Gasteiger partial charge in [0, 0.05) is 26.9 Å². The highest BCUT2D eigenvalue weighted by molar-refractivity contribution is 6.35. The van der Waals surface area contributed by atoms with Crippen LogP contribution in [-0.4, -0.2) is 15.9 Å². The van der Waals surface area contributed by atoms with Crippen molar-refractivity contribution in [2.24, 2.45) is 0 Å².